The molecule has 4 rings (SSSR count). The van der Waals surface area contributed by atoms with Gasteiger partial charge in [-0.15, -0.1) is 0 Å². The van der Waals surface area contributed by atoms with Crippen LogP contribution in [0, 0.1) is 18.7 Å². The van der Waals surface area contributed by atoms with Crippen molar-refractivity contribution >= 4 is 20.9 Å². The van der Waals surface area contributed by atoms with Gasteiger partial charge in [-0.05, 0) is 43.4 Å². The number of benzene rings is 1. The van der Waals surface area contributed by atoms with Crippen LogP contribution in [0.4, 0.5) is 4.39 Å². The predicted molar refractivity (Wildman–Crippen MR) is 100 cm³/mol. The van der Waals surface area contributed by atoms with Crippen LogP contribution in [0.2, 0.25) is 0 Å². The van der Waals surface area contributed by atoms with Gasteiger partial charge >= 0.3 is 0 Å². The van der Waals surface area contributed by atoms with Gasteiger partial charge in [0.2, 0.25) is 0 Å². The van der Waals surface area contributed by atoms with Gasteiger partial charge in [-0.2, -0.15) is 9.40 Å². The summed E-state index contributed by atoms with van der Waals surface area (Å²) < 4.78 is 43.6. The molecule has 1 aliphatic rings. The molecule has 1 N–H and O–H groups in total. The van der Waals surface area contributed by atoms with Gasteiger partial charge in [-0.25, -0.2) is 17.8 Å². The van der Waals surface area contributed by atoms with Crippen molar-refractivity contribution in [1.29, 1.82) is 0 Å². The highest BCUT2D eigenvalue weighted by molar-refractivity contribution is 7.89. The third-order valence-corrected chi connectivity index (χ3v) is 7.21. The van der Waals surface area contributed by atoms with Crippen molar-refractivity contribution in [2.75, 3.05) is 7.05 Å². The number of halogens is 1. The normalized spacial score (nSPS) is 20.4. The lowest BCUT2D eigenvalue weighted by molar-refractivity contribution is 0.178. The van der Waals surface area contributed by atoms with E-state index in [1.165, 1.54) is 16.4 Å². The number of H-pyrrole nitrogens is 1. The molecule has 0 atom stereocenters. The second-order valence-corrected chi connectivity index (χ2v) is 9.43. The van der Waals surface area contributed by atoms with E-state index in [1.54, 1.807) is 32.0 Å². The number of nitrogens with zero attached hydrogens (tertiary/aromatic N) is 4. The highest BCUT2D eigenvalue weighted by atomic mass is 32.2. The lowest BCUT2D eigenvalue weighted by Crippen LogP contribution is -2.44. The number of aromatic nitrogens is 4. The first kappa shape index (κ1) is 18.1. The summed E-state index contributed by atoms with van der Waals surface area (Å²) in [4.78, 5) is 7.02. The summed E-state index contributed by atoms with van der Waals surface area (Å²) in [5.74, 6) is 0.463. The standard InChI is InChI=1S/C18H22FN5O2S/c1-10-5-12(6-10)24(4)27(25,26)15-8-13-16(18-20-9-23(3)22-18)11(2)7-14(19)17(13)21-15/h7-10,12,21H,5-6H2,1-4H3/t10-,12+. The first-order valence-electron chi connectivity index (χ1n) is 8.84. The maximum Gasteiger partial charge on any atom is 0.258 e. The molecule has 0 aliphatic heterocycles. The zero-order chi connectivity index (χ0) is 19.5. The van der Waals surface area contributed by atoms with E-state index in [1.807, 2.05) is 0 Å². The molecule has 2 heterocycles. The Balaban J connectivity index is 1.86. The first-order chi connectivity index (χ1) is 12.7. The summed E-state index contributed by atoms with van der Waals surface area (Å²) in [5.41, 5.74) is 1.43. The van der Waals surface area contributed by atoms with Gasteiger partial charge in [-0.1, -0.05) is 6.92 Å². The minimum atomic E-state index is -3.74. The Bertz CT molecular complexity index is 1130. The fraction of sp³-hybridized carbons (Fsp3) is 0.444. The molecule has 1 aliphatic carbocycles. The van der Waals surface area contributed by atoms with Gasteiger partial charge in [0.05, 0.1) is 5.52 Å². The van der Waals surface area contributed by atoms with Crippen LogP contribution in [0.15, 0.2) is 23.5 Å². The summed E-state index contributed by atoms with van der Waals surface area (Å²) in [6, 6.07) is 2.85. The van der Waals surface area contributed by atoms with Crippen LogP contribution in [0.3, 0.4) is 0 Å². The third kappa shape index (κ3) is 2.85. The Morgan fingerprint density at radius 1 is 1.33 bits per heavy atom. The molecule has 0 unspecified atom stereocenters. The monoisotopic (exact) mass is 391 g/mol. The van der Waals surface area contributed by atoms with Gasteiger partial charge < -0.3 is 4.98 Å². The van der Waals surface area contributed by atoms with E-state index in [-0.39, 0.29) is 16.6 Å². The molecule has 1 fully saturated rings. The number of nitrogens with one attached hydrogen (secondary N) is 1. The smallest absolute Gasteiger partial charge is 0.258 e. The quantitative estimate of drug-likeness (QED) is 0.741. The second-order valence-electron chi connectivity index (χ2n) is 7.47. The number of fused-ring (bicyclic) bond motifs is 1. The average molecular weight is 391 g/mol. The number of hydrogen-bond donors (Lipinski definition) is 1. The van der Waals surface area contributed by atoms with E-state index in [9.17, 15) is 12.8 Å². The first-order valence-corrected chi connectivity index (χ1v) is 10.3. The van der Waals surface area contributed by atoms with Gasteiger partial charge in [-0.3, -0.25) is 4.68 Å². The average Bonchev–Trinajstić information content (AvgIpc) is 3.19. The van der Waals surface area contributed by atoms with Crippen LogP contribution in [-0.2, 0) is 17.1 Å². The molecule has 7 nitrogen and oxygen atoms in total. The third-order valence-electron chi connectivity index (χ3n) is 5.38. The SMILES string of the molecule is Cc1cc(F)c2[nH]c(S(=O)(=O)N(C)[C@H]3C[C@@H](C)C3)cc2c1-c1ncn(C)n1. The van der Waals surface area contributed by atoms with Crippen molar-refractivity contribution < 1.29 is 12.8 Å². The highest BCUT2D eigenvalue weighted by Crippen LogP contribution is 2.36. The van der Waals surface area contributed by atoms with Crippen molar-refractivity contribution in [1.82, 2.24) is 24.1 Å². The molecule has 3 aromatic rings. The van der Waals surface area contributed by atoms with Crippen molar-refractivity contribution in [3.63, 3.8) is 0 Å². The zero-order valence-corrected chi connectivity index (χ0v) is 16.5. The molecule has 0 spiro atoms. The maximum atomic E-state index is 14.6. The number of aryl methyl sites for hydroxylation is 2. The Morgan fingerprint density at radius 2 is 2.04 bits per heavy atom. The molecule has 0 radical (unpaired) electrons. The predicted octanol–water partition coefficient (Wildman–Crippen LogP) is 2.83. The Kier molecular flexibility index (Phi) is 4.12. The topological polar surface area (TPSA) is 83.9 Å². The molecule has 9 heteroatoms. The zero-order valence-electron chi connectivity index (χ0n) is 15.7. The van der Waals surface area contributed by atoms with Crippen LogP contribution in [-0.4, -0.2) is 45.6 Å². The molecule has 1 aromatic carbocycles. The van der Waals surface area contributed by atoms with Gasteiger partial charge in [0.1, 0.15) is 17.2 Å². The van der Waals surface area contributed by atoms with Crippen molar-refractivity contribution in [2.24, 2.45) is 13.0 Å². The summed E-state index contributed by atoms with van der Waals surface area (Å²) in [5, 5.41) is 4.75. The second kappa shape index (κ2) is 6.13. The highest BCUT2D eigenvalue weighted by Gasteiger charge is 2.36. The molecule has 0 saturated heterocycles. The molecule has 27 heavy (non-hydrogen) atoms. The Morgan fingerprint density at radius 3 is 2.63 bits per heavy atom. The molecule has 0 amide bonds. The lowest BCUT2D eigenvalue weighted by atomic mass is 9.82. The summed E-state index contributed by atoms with van der Waals surface area (Å²) in [6.45, 7) is 3.86. The fourth-order valence-electron chi connectivity index (χ4n) is 3.76. The summed E-state index contributed by atoms with van der Waals surface area (Å²) in [7, 11) is -0.415. The van der Waals surface area contributed by atoms with E-state index >= 15 is 0 Å². The van der Waals surface area contributed by atoms with Gasteiger partial charge in [0.25, 0.3) is 10.0 Å². The largest absolute Gasteiger partial charge is 0.342 e. The number of aromatic amines is 1. The fourth-order valence-corrected chi connectivity index (χ4v) is 5.13. The van der Waals surface area contributed by atoms with Crippen LogP contribution in [0.1, 0.15) is 25.3 Å². The minimum Gasteiger partial charge on any atom is -0.342 e. The number of hydrogen-bond acceptors (Lipinski definition) is 4. The summed E-state index contributed by atoms with van der Waals surface area (Å²) in [6.07, 6.45) is 3.23. The molecule has 0 bridgehead atoms. The van der Waals surface area contributed by atoms with E-state index < -0.39 is 15.8 Å². The van der Waals surface area contributed by atoms with E-state index in [2.05, 4.69) is 22.0 Å². The molecular formula is C18H22FN5O2S. The van der Waals surface area contributed by atoms with E-state index in [0.717, 1.165) is 12.8 Å². The minimum absolute atomic E-state index is 0.0127. The van der Waals surface area contributed by atoms with Gasteiger partial charge in [0, 0.05) is 31.1 Å². The summed E-state index contributed by atoms with van der Waals surface area (Å²) >= 11 is 0. The van der Waals surface area contributed by atoms with Gasteiger partial charge in [0.15, 0.2) is 5.82 Å². The molecular weight excluding hydrogens is 369 g/mol. The van der Waals surface area contributed by atoms with Crippen molar-refractivity contribution in [3.05, 3.63) is 29.8 Å². The van der Waals surface area contributed by atoms with E-state index in [0.29, 0.717) is 28.3 Å². The van der Waals surface area contributed by atoms with Crippen molar-refractivity contribution in [3.8, 4) is 11.4 Å². The maximum absolute atomic E-state index is 14.6. The van der Waals surface area contributed by atoms with E-state index in [4.69, 9.17) is 0 Å². The Hall–Kier alpha value is -2.26. The molecule has 144 valence electrons. The van der Waals surface area contributed by atoms with Crippen LogP contribution < -0.4 is 0 Å². The lowest BCUT2D eigenvalue weighted by Gasteiger charge is -2.38. The molecule has 2 aromatic heterocycles. The molecule has 1 saturated carbocycles. The number of sulfonamides is 1. The number of rotatable bonds is 4. The van der Waals surface area contributed by atoms with Crippen LogP contribution in [0.25, 0.3) is 22.3 Å². The Labute approximate surface area is 157 Å². The van der Waals surface area contributed by atoms with Crippen molar-refractivity contribution in [2.45, 2.75) is 37.8 Å². The van der Waals surface area contributed by atoms with Crippen LogP contribution in [0.5, 0.6) is 0 Å². The van der Waals surface area contributed by atoms with Crippen LogP contribution >= 0.6 is 0 Å².